The van der Waals surface area contributed by atoms with Gasteiger partial charge in [0.15, 0.2) is 0 Å². The third-order valence-electron chi connectivity index (χ3n) is 5.54. The van der Waals surface area contributed by atoms with E-state index in [0.29, 0.717) is 0 Å². The quantitative estimate of drug-likeness (QED) is 0.826. The fourth-order valence-electron chi connectivity index (χ4n) is 3.86. The van der Waals surface area contributed by atoms with E-state index in [9.17, 15) is 0 Å². The van der Waals surface area contributed by atoms with Gasteiger partial charge >= 0.3 is 0 Å². The van der Waals surface area contributed by atoms with Crippen LogP contribution in [-0.2, 0) is 6.54 Å². The van der Waals surface area contributed by atoms with Gasteiger partial charge in [-0.1, -0.05) is 56.0 Å². The molecule has 1 fully saturated rings. The van der Waals surface area contributed by atoms with Crippen molar-refractivity contribution in [1.82, 2.24) is 4.90 Å². The number of hydrogen-bond donors (Lipinski definition) is 1. The van der Waals surface area contributed by atoms with Crippen molar-refractivity contribution in [3.63, 3.8) is 0 Å². The molecule has 2 nitrogen and oxygen atoms in total. The molecule has 2 N–H and O–H groups in total. The van der Waals surface area contributed by atoms with Gasteiger partial charge in [-0.2, -0.15) is 0 Å². The van der Waals surface area contributed by atoms with Crippen LogP contribution in [0.3, 0.4) is 0 Å². The molecule has 0 heterocycles. The number of benzene rings is 1. The third kappa shape index (κ3) is 4.08. The molecule has 1 aliphatic carbocycles. The molecule has 2 rings (SSSR count). The monoisotopic (exact) mass is 288 g/mol. The van der Waals surface area contributed by atoms with Crippen LogP contribution in [-0.4, -0.2) is 24.0 Å². The first-order valence-electron chi connectivity index (χ1n) is 8.56. The molecule has 0 spiro atoms. The van der Waals surface area contributed by atoms with Crippen LogP contribution in [0.25, 0.3) is 0 Å². The predicted molar refractivity (Wildman–Crippen MR) is 91.3 cm³/mol. The molecule has 0 amide bonds. The molecular weight excluding hydrogens is 256 g/mol. The van der Waals surface area contributed by atoms with Gasteiger partial charge in [0, 0.05) is 18.6 Å². The zero-order valence-electron chi connectivity index (χ0n) is 14.1. The summed E-state index contributed by atoms with van der Waals surface area (Å²) in [7, 11) is 2.27. The van der Waals surface area contributed by atoms with E-state index in [1.807, 2.05) is 0 Å². The highest BCUT2D eigenvalue weighted by Gasteiger charge is 2.35. The highest BCUT2D eigenvalue weighted by atomic mass is 15.2. The minimum atomic E-state index is 0.202. The Morgan fingerprint density at radius 1 is 1.29 bits per heavy atom. The van der Waals surface area contributed by atoms with Crippen LogP contribution in [0.1, 0.15) is 56.6 Å². The van der Waals surface area contributed by atoms with Gasteiger partial charge in [-0.15, -0.1) is 0 Å². The fraction of sp³-hybridized carbons (Fsp3) is 0.684. The Bertz CT molecular complexity index is 443. The number of likely N-dealkylation sites (N-methyl/N-ethyl adjacent to an activating group) is 1. The molecule has 118 valence electrons. The third-order valence-corrected chi connectivity index (χ3v) is 5.54. The Labute approximate surface area is 130 Å². The Morgan fingerprint density at radius 2 is 2.10 bits per heavy atom. The molecular formula is C19H32N2. The second-order valence-electron chi connectivity index (χ2n) is 6.98. The van der Waals surface area contributed by atoms with Crippen molar-refractivity contribution in [3.8, 4) is 0 Å². The maximum absolute atomic E-state index is 6.24. The van der Waals surface area contributed by atoms with Gasteiger partial charge in [-0.05, 0) is 44.7 Å². The predicted octanol–water partition coefficient (Wildman–Crippen LogP) is 4.11. The van der Waals surface area contributed by atoms with E-state index in [1.165, 1.54) is 49.7 Å². The summed E-state index contributed by atoms with van der Waals surface area (Å²) >= 11 is 0. The second-order valence-corrected chi connectivity index (χ2v) is 6.98. The molecule has 0 bridgehead atoms. The summed E-state index contributed by atoms with van der Waals surface area (Å²) in [6, 6.07) is 8.86. The highest BCUT2D eigenvalue weighted by Crippen LogP contribution is 2.35. The van der Waals surface area contributed by atoms with Crippen LogP contribution < -0.4 is 5.73 Å². The molecule has 0 saturated heterocycles. The zero-order valence-corrected chi connectivity index (χ0v) is 14.1. The summed E-state index contributed by atoms with van der Waals surface area (Å²) in [5, 5.41) is 0. The molecule has 21 heavy (non-hydrogen) atoms. The van der Waals surface area contributed by atoms with Gasteiger partial charge < -0.3 is 5.73 Å². The van der Waals surface area contributed by atoms with E-state index in [1.54, 1.807) is 0 Å². The van der Waals surface area contributed by atoms with E-state index < -0.39 is 0 Å². The van der Waals surface area contributed by atoms with E-state index in [4.69, 9.17) is 5.73 Å². The number of hydrogen-bond acceptors (Lipinski definition) is 2. The van der Waals surface area contributed by atoms with Gasteiger partial charge in [-0.25, -0.2) is 0 Å². The molecule has 0 aliphatic heterocycles. The first-order valence-corrected chi connectivity index (χ1v) is 8.56. The molecule has 2 unspecified atom stereocenters. The molecule has 2 heteroatoms. The average Bonchev–Trinajstić information content (AvgIpc) is 2.70. The molecule has 1 saturated carbocycles. The molecule has 1 aromatic rings. The Kier molecular flexibility index (Phi) is 5.83. The van der Waals surface area contributed by atoms with E-state index >= 15 is 0 Å². The standard InChI is InChI=1S/C19H32N2/c1-4-17-9-6-11-19(15-20,12-10-17)21(3)14-18-8-5-7-16(2)13-18/h5,7-8,13,17H,4,6,9-12,14-15,20H2,1-3H3. The van der Waals surface area contributed by atoms with Gasteiger partial charge in [0.2, 0.25) is 0 Å². The molecule has 2 atom stereocenters. The van der Waals surface area contributed by atoms with Gasteiger partial charge in [0.25, 0.3) is 0 Å². The van der Waals surface area contributed by atoms with Crippen LogP contribution in [0.5, 0.6) is 0 Å². The largest absolute Gasteiger partial charge is 0.329 e. The van der Waals surface area contributed by atoms with Crippen molar-refractivity contribution in [2.45, 2.75) is 64.5 Å². The summed E-state index contributed by atoms with van der Waals surface area (Å²) in [5.41, 5.74) is 9.19. The Hall–Kier alpha value is -0.860. The molecule has 1 aromatic carbocycles. The summed E-state index contributed by atoms with van der Waals surface area (Å²) in [5.74, 6) is 0.908. The topological polar surface area (TPSA) is 29.3 Å². The lowest BCUT2D eigenvalue weighted by Crippen LogP contribution is -2.51. The van der Waals surface area contributed by atoms with Crippen molar-refractivity contribution in [2.24, 2.45) is 11.7 Å². The van der Waals surface area contributed by atoms with Crippen molar-refractivity contribution >= 4 is 0 Å². The molecule has 0 aromatic heterocycles. The van der Waals surface area contributed by atoms with Crippen LogP contribution in [0.2, 0.25) is 0 Å². The highest BCUT2D eigenvalue weighted by molar-refractivity contribution is 5.22. The van der Waals surface area contributed by atoms with Crippen LogP contribution in [0, 0.1) is 12.8 Å². The Balaban J connectivity index is 2.08. The summed E-state index contributed by atoms with van der Waals surface area (Å²) in [6.45, 7) is 6.29. The lowest BCUT2D eigenvalue weighted by Gasteiger charge is -2.41. The number of nitrogens with zero attached hydrogens (tertiary/aromatic N) is 1. The summed E-state index contributed by atoms with van der Waals surface area (Å²) < 4.78 is 0. The van der Waals surface area contributed by atoms with Crippen molar-refractivity contribution < 1.29 is 0 Å². The first-order chi connectivity index (χ1) is 10.1. The maximum atomic E-state index is 6.24. The van der Waals surface area contributed by atoms with Crippen LogP contribution >= 0.6 is 0 Å². The van der Waals surface area contributed by atoms with Crippen LogP contribution in [0.4, 0.5) is 0 Å². The minimum absolute atomic E-state index is 0.202. The number of nitrogens with two attached hydrogens (primary N) is 1. The van der Waals surface area contributed by atoms with Gasteiger partial charge in [0.1, 0.15) is 0 Å². The summed E-state index contributed by atoms with van der Waals surface area (Å²) in [4.78, 5) is 2.53. The van der Waals surface area contributed by atoms with E-state index in [-0.39, 0.29) is 5.54 Å². The fourth-order valence-corrected chi connectivity index (χ4v) is 3.86. The lowest BCUT2D eigenvalue weighted by atomic mass is 9.87. The van der Waals surface area contributed by atoms with E-state index in [2.05, 4.69) is 50.1 Å². The SMILES string of the molecule is CCC1CCCC(CN)(N(C)Cc2cccc(C)c2)CC1. The van der Waals surface area contributed by atoms with Gasteiger partial charge in [-0.3, -0.25) is 4.90 Å². The second kappa shape index (κ2) is 7.42. The molecule has 0 radical (unpaired) electrons. The number of aryl methyl sites for hydroxylation is 1. The number of rotatable bonds is 5. The van der Waals surface area contributed by atoms with Crippen molar-refractivity contribution in [2.75, 3.05) is 13.6 Å². The average molecular weight is 288 g/mol. The van der Waals surface area contributed by atoms with E-state index in [0.717, 1.165) is 19.0 Å². The zero-order chi connectivity index (χ0) is 15.3. The van der Waals surface area contributed by atoms with Crippen molar-refractivity contribution in [3.05, 3.63) is 35.4 Å². The van der Waals surface area contributed by atoms with Crippen LogP contribution in [0.15, 0.2) is 24.3 Å². The molecule has 1 aliphatic rings. The first kappa shape index (κ1) is 16.5. The smallest absolute Gasteiger partial charge is 0.0332 e. The normalized spacial score (nSPS) is 26.8. The van der Waals surface area contributed by atoms with Gasteiger partial charge in [0.05, 0.1) is 0 Å². The minimum Gasteiger partial charge on any atom is -0.329 e. The Morgan fingerprint density at radius 3 is 2.76 bits per heavy atom. The maximum Gasteiger partial charge on any atom is 0.0332 e. The van der Waals surface area contributed by atoms with Crippen molar-refractivity contribution in [1.29, 1.82) is 0 Å². The lowest BCUT2D eigenvalue weighted by molar-refractivity contribution is 0.0983. The summed E-state index contributed by atoms with van der Waals surface area (Å²) in [6.07, 6.45) is 7.88.